The fourth-order valence-electron chi connectivity index (χ4n) is 0.258. The van der Waals surface area contributed by atoms with Crippen LogP contribution in [-0.4, -0.2) is 8.78 Å². The van der Waals surface area contributed by atoms with Crippen LogP contribution in [-0.2, 0) is 0 Å². The minimum Gasteiger partial charge on any atom is -0.165 e. The summed E-state index contributed by atoms with van der Waals surface area (Å²) in [6.07, 6.45) is 3.79. The molecule has 0 fully saturated rings. The summed E-state index contributed by atoms with van der Waals surface area (Å²) in [6, 6.07) is 0. The van der Waals surface area contributed by atoms with Gasteiger partial charge in [0.05, 0.1) is 4.20 Å². The van der Waals surface area contributed by atoms with E-state index >= 15 is 0 Å². The third kappa shape index (κ3) is 24.8. The van der Waals surface area contributed by atoms with Gasteiger partial charge in [-0.25, -0.2) is 0 Å². The number of hydrogen-bond acceptors (Lipinski definition) is 3. The zero-order chi connectivity index (χ0) is 9.28. The van der Waals surface area contributed by atoms with Crippen molar-refractivity contribution in [3.05, 3.63) is 12.7 Å². The minimum atomic E-state index is 0.287. The molecule has 0 aliphatic carbocycles. The molecule has 11 heavy (non-hydrogen) atoms. The topological polar surface area (TPSA) is 0 Å². The smallest absolute Gasteiger partial charge is 0.0669 e. The van der Waals surface area contributed by atoms with Crippen molar-refractivity contribution in [2.75, 3.05) is 0 Å². The van der Waals surface area contributed by atoms with E-state index in [1.807, 2.05) is 0 Å². The highest BCUT2D eigenvalue weighted by Gasteiger charge is 1.87. The van der Waals surface area contributed by atoms with Crippen LogP contribution >= 0.6 is 50.1 Å². The van der Waals surface area contributed by atoms with E-state index in [2.05, 4.69) is 63.6 Å². The monoisotopic (exact) mass is 226 g/mol. The van der Waals surface area contributed by atoms with E-state index in [9.17, 15) is 0 Å². The Balaban J connectivity index is 0. The molecule has 0 spiro atoms. The van der Waals surface area contributed by atoms with Gasteiger partial charge < -0.3 is 0 Å². The minimum absolute atomic E-state index is 0.287. The molecule has 0 aromatic rings. The van der Waals surface area contributed by atoms with Crippen LogP contribution in [0.1, 0.15) is 19.8 Å². The molecule has 0 saturated heterocycles. The molecule has 0 aromatic carbocycles. The van der Waals surface area contributed by atoms with Crippen LogP contribution in [0.5, 0.6) is 0 Å². The van der Waals surface area contributed by atoms with E-state index in [-0.39, 0.29) is 4.58 Å². The van der Waals surface area contributed by atoms with Crippen LogP contribution in [0.4, 0.5) is 0 Å². The highest BCUT2D eigenvalue weighted by Crippen LogP contribution is 2.06. The molecule has 66 valence electrons. The molecule has 4 heteroatoms. The van der Waals surface area contributed by atoms with Gasteiger partial charge in [0.2, 0.25) is 0 Å². The Morgan fingerprint density at radius 2 is 2.00 bits per heavy atom. The van der Waals surface area contributed by atoms with Crippen molar-refractivity contribution in [3.63, 3.8) is 0 Å². The number of thiol groups is 3. The Kier molecular flexibility index (Phi) is 14.2. The second-order valence-electron chi connectivity index (χ2n) is 1.81. The molecule has 0 aliphatic heterocycles. The summed E-state index contributed by atoms with van der Waals surface area (Å²) in [7, 11) is 0. The average Bonchev–Trinajstić information content (AvgIpc) is 1.89. The Morgan fingerprint density at radius 3 is 2.00 bits per heavy atom. The highest BCUT2D eigenvalue weighted by molar-refractivity contribution is 8.11. The fourth-order valence-corrected chi connectivity index (χ4v) is 0.775. The van der Waals surface area contributed by atoms with Gasteiger partial charge in [0, 0.05) is 4.58 Å². The molecule has 0 rings (SSSR count). The predicted octanol–water partition coefficient (Wildman–Crippen LogP) is 3.40. The molecule has 0 N–H and O–H groups in total. The molecule has 0 atom stereocenters. The third-order valence-electron chi connectivity index (χ3n) is 0.721. The lowest BCUT2D eigenvalue weighted by Gasteiger charge is -1.94. The van der Waals surface area contributed by atoms with Gasteiger partial charge >= 0.3 is 0 Å². The summed E-state index contributed by atoms with van der Waals surface area (Å²) in [6.45, 7) is 5.47. The summed E-state index contributed by atoms with van der Waals surface area (Å²) >= 11 is 16.2. The summed E-state index contributed by atoms with van der Waals surface area (Å²) in [4.78, 5) is 0. The molecular weight excluding hydrogens is 212 g/mol. The number of hydrogen-bond donors (Lipinski definition) is 3. The van der Waals surface area contributed by atoms with Crippen LogP contribution in [0.15, 0.2) is 12.7 Å². The van der Waals surface area contributed by atoms with Crippen LogP contribution in [0.25, 0.3) is 0 Å². The van der Waals surface area contributed by atoms with Crippen molar-refractivity contribution >= 4 is 54.3 Å². The normalized spacial score (nSPS) is 8.45. The van der Waals surface area contributed by atoms with Gasteiger partial charge in [0.1, 0.15) is 0 Å². The first kappa shape index (κ1) is 14.4. The summed E-state index contributed by atoms with van der Waals surface area (Å²) in [5, 5.41) is 0. The predicted molar refractivity (Wildman–Crippen MR) is 68.4 cm³/mol. The molecule has 0 bridgehead atoms. The van der Waals surface area contributed by atoms with E-state index in [1.165, 1.54) is 12.5 Å². The van der Waals surface area contributed by atoms with Gasteiger partial charge in [-0.1, -0.05) is 32.1 Å². The largest absolute Gasteiger partial charge is 0.165 e. The quantitative estimate of drug-likeness (QED) is 0.287. The maximum Gasteiger partial charge on any atom is 0.0669 e. The molecule has 0 nitrogen and oxygen atoms in total. The van der Waals surface area contributed by atoms with E-state index in [0.717, 1.165) is 6.42 Å². The maximum atomic E-state index is 4.44. The lowest BCUT2D eigenvalue weighted by atomic mass is 10.4. The molecule has 0 amide bonds. The first-order valence-corrected chi connectivity index (χ1v) is 5.14. The van der Waals surface area contributed by atoms with Crippen molar-refractivity contribution in [2.24, 2.45) is 0 Å². The Hall–Kier alpha value is 0.880. The molecule has 0 saturated carbocycles. The molecule has 0 radical (unpaired) electrons. The Labute approximate surface area is 91.1 Å². The molecule has 0 aromatic heterocycles. The van der Waals surface area contributed by atoms with Crippen molar-refractivity contribution in [1.29, 1.82) is 0 Å². The van der Waals surface area contributed by atoms with E-state index in [0.29, 0.717) is 4.20 Å². The van der Waals surface area contributed by atoms with Crippen LogP contribution in [0.2, 0.25) is 0 Å². The van der Waals surface area contributed by atoms with Crippen LogP contribution in [0.3, 0.4) is 0 Å². The van der Waals surface area contributed by atoms with Gasteiger partial charge in [-0.2, -0.15) is 25.3 Å². The van der Waals surface area contributed by atoms with E-state index < -0.39 is 0 Å². The van der Waals surface area contributed by atoms with Gasteiger partial charge in [-0.05, 0) is 12.5 Å². The second-order valence-corrected chi connectivity index (χ2v) is 4.69. The average molecular weight is 226 g/mol. The Morgan fingerprint density at radius 1 is 1.64 bits per heavy atom. The van der Waals surface area contributed by atoms with Crippen molar-refractivity contribution in [1.82, 2.24) is 0 Å². The third-order valence-corrected chi connectivity index (χ3v) is 1.59. The van der Waals surface area contributed by atoms with E-state index in [4.69, 9.17) is 0 Å². The van der Waals surface area contributed by atoms with Crippen molar-refractivity contribution < 1.29 is 0 Å². The maximum absolute atomic E-state index is 4.44. The molecular formula is C7H14S4. The standard InChI is InChI=1S/C4H10S2.C3H4S2/c1-2-3-4(5)6;1-2-3(4)5/h4-6H,2-3H2,1H3;2H,1H2,(H,4,5). The lowest BCUT2D eigenvalue weighted by molar-refractivity contribution is 0.876. The first-order valence-electron chi connectivity index (χ1n) is 3.26. The summed E-state index contributed by atoms with van der Waals surface area (Å²) < 4.78 is 0.833. The molecule has 0 aliphatic rings. The van der Waals surface area contributed by atoms with Crippen molar-refractivity contribution in [2.45, 2.75) is 24.3 Å². The van der Waals surface area contributed by atoms with Gasteiger partial charge in [-0.15, -0.1) is 12.6 Å². The summed E-state index contributed by atoms with van der Waals surface area (Å²) in [5.41, 5.74) is 0. The van der Waals surface area contributed by atoms with Crippen LogP contribution in [0, 0.1) is 0 Å². The lowest BCUT2D eigenvalue weighted by Crippen LogP contribution is -1.81. The molecule has 0 unspecified atom stereocenters. The highest BCUT2D eigenvalue weighted by atomic mass is 32.2. The van der Waals surface area contributed by atoms with Gasteiger partial charge in [-0.3, -0.25) is 0 Å². The molecule has 0 heterocycles. The number of thiocarbonyl (C=S) groups is 1. The summed E-state index contributed by atoms with van der Waals surface area (Å²) in [5.74, 6) is 0. The van der Waals surface area contributed by atoms with E-state index in [1.54, 1.807) is 0 Å². The Bertz CT molecular complexity index is 109. The fraction of sp³-hybridized carbons (Fsp3) is 0.571. The zero-order valence-electron chi connectivity index (χ0n) is 6.53. The second kappa shape index (κ2) is 10.9. The SMILES string of the molecule is C=CC(=S)S.CCCC(S)S. The van der Waals surface area contributed by atoms with Gasteiger partial charge in [0.15, 0.2) is 0 Å². The first-order chi connectivity index (χ1) is 5.04. The van der Waals surface area contributed by atoms with Crippen molar-refractivity contribution in [3.8, 4) is 0 Å². The number of rotatable bonds is 3. The van der Waals surface area contributed by atoms with Crippen LogP contribution < -0.4 is 0 Å². The zero-order valence-corrected chi connectivity index (χ0v) is 10.0. The van der Waals surface area contributed by atoms with Gasteiger partial charge in [0.25, 0.3) is 0 Å².